The summed E-state index contributed by atoms with van der Waals surface area (Å²) in [5.41, 5.74) is -0.840. The third-order valence-corrected chi connectivity index (χ3v) is 6.88. The topological polar surface area (TPSA) is 76.0 Å². The molecule has 0 radical (unpaired) electrons. The average molecular weight is 409 g/mol. The number of aliphatic hydroxyl groups is 2. The monoisotopic (exact) mass is 408 g/mol. The zero-order valence-corrected chi connectivity index (χ0v) is 18.1. The second kappa shape index (κ2) is 10.5. The van der Waals surface area contributed by atoms with Crippen molar-refractivity contribution in [3.63, 3.8) is 0 Å². The molecule has 2 N–H and O–H groups in total. The Balaban J connectivity index is 1.42. The minimum Gasteiger partial charge on any atom is -0.393 e. The molecule has 0 bridgehead atoms. The van der Waals surface area contributed by atoms with E-state index in [1.165, 1.54) is 57.4 Å². The summed E-state index contributed by atoms with van der Waals surface area (Å²) in [6, 6.07) is 0. The van der Waals surface area contributed by atoms with E-state index in [1.54, 1.807) is 6.08 Å². The van der Waals surface area contributed by atoms with Gasteiger partial charge in [0.2, 0.25) is 0 Å². The van der Waals surface area contributed by atoms with Crippen molar-refractivity contribution in [3.05, 3.63) is 12.2 Å². The van der Waals surface area contributed by atoms with Gasteiger partial charge in [-0.25, -0.2) is 0 Å². The molecule has 0 unspecified atom stereocenters. The number of unbranched alkanes of at least 4 members (excludes halogenated alkanes) is 8. The molecular weight excluding hydrogens is 368 g/mol. The van der Waals surface area contributed by atoms with Crippen molar-refractivity contribution in [2.24, 2.45) is 0 Å². The van der Waals surface area contributed by atoms with Gasteiger partial charge in [0.25, 0.3) is 0 Å². The number of rotatable bonds is 10. The van der Waals surface area contributed by atoms with E-state index >= 15 is 0 Å². The van der Waals surface area contributed by atoms with Crippen LogP contribution in [0.4, 0.5) is 0 Å². The Labute approximate surface area is 175 Å². The highest BCUT2D eigenvalue weighted by molar-refractivity contribution is 5.91. The van der Waals surface area contributed by atoms with Crippen LogP contribution in [0.25, 0.3) is 0 Å². The summed E-state index contributed by atoms with van der Waals surface area (Å²) in [6.45, 7) is 2.25. The Hall–Kier alpha value is -0.750. The normalized spacial score (nSPS) is 37.1. The number of carbonyl (C=O) groups excluding carboxylic acids is 1. The molecule has 5 atom stereocenters. The van der Waals surface area contributed by atoms with Gasteiger partial charge in [0.1, 0.15) is 5.60 Å². The molecule has 3 aliphatic rings. The highest BCUT2D eigenvalue weighted by Gasteiger charge is 2.56. The zero-order chi connectivity index (χ0) is 20.7. The van der Waals surface area contributed by atoms with Crippen LogP contribution in [0, 0.1) is 0 Å². The van der Waals surface area contributed by atoms with E-state index in [0.29, 0.717) is 25.7 Å². The SMILES string of the molecule is CCCCCCCCCCC[C@H]1C[C@@H](O)C[C@@]2(CC[C@]3(C=CC(=O)C[C@@H]3O)O2)O1. The lowest BCUT2D eigenvalue weighted by molar-refractivity contribution is -0.306. The van der Waals surface area contributed by atoms with E-state index in [4.69, 9.17) is 9.47 Å². The maximum absolute atomic E-state index is 11.6. The van der Waals surface area contributed by atoms with E-state index in [9.17, 15) is 15.0 Å². The molecular formula is C24H40O5. The predicted octanol–water partition coefficient (Wildman–Crippen LogP) is 4.58. The van der Waals surface area contributed by atoms with Gasteiger partial charge in [-0.1, -0.05) is 64.7 Å². The van der Waals surface area contributed by atoms with Crippen LogP contribution >= 0.6 is 0 Å². The van der Waals surface area contributed by atoms with Crippen molar-refractivity contribution in [2.75, 3.05) is 0 Å². The summed E-state index contributed by atoms with van der Waals surface area (Å²) in [5, 5.41) is 20.9. The highest BCUT2D eigenvalue weighted by atomic mass is 16.7. The van der Waals surface area contributed by atoms with Crippen molar-refractivity contribution < 1.29 is 24.5 Å². The van der Waals surface area contributed by atoms with Crippen LogP contribution in [0.3, 0.4) is 0 Å². The fourth-order valence-electron chi connectivity index (χ4n) is 5.19. The van der Waals surface area contributed by atoms with E-state index < -0.39 is 23.6 Å². The van der Waals surface area contributed by atoms with Gasteiger partial charge < -0.3 is 19.7 Å². The standard InChI is InChI=1S/C24H40O5/c1-2-3-4-5-6-7-8-9-10-11-21-16-20(26)18-24(28-21)15-14-23(29-24)13-12-19(25)17-22(23)27/h12-13,20-22,26-27H,2-11,14-18H2,1H3/t20-,21+,22+,23+,24+/m1/s1. The molecule has 0 amide bonds. The summed E-state index contributed by atoms with van der Waals surface area (Å²) in [5.74, 6) is -0.895. The van der Waals surface area contributed by atoms with Crippen LogP contribution in [0.5, 0.6) is 0 Å². The Kier molecular flexibility index (Phi) is 8.32. The van der Waals surface area contributed by atoms with Crippen LogP contribution in [0.2, 0.25) is 0 Å². The fourth-order valence-corrected chi connectivity index (χ4v) is 5.19. The maximum Gasteiger partial charge on any atom is 0.172 e. The number of ketones is 1. The second-order valence-corrected chi connectivity index (χ2v) is 9.44. The van der Waals surface area contributed by atoms with Gasteiger partial charge in [-0.3, -0.25) is 4.79 Å². The van der Waals surface area contributed by atoms with E-state index in [2.05, 4.69) is 6.92 Å². The molecule has 2 heterocycles. The molecule has 0 saturated carbocycles. The average Bonchev–Trinajstić information content (AvgIpc) is 3.02. The summed E-state index contributed by atoms with van der Waals surface area (Å²) < 4.78 is 12.7. The summed E-state index contributed by atoms with van der Waals surface area (Å²) in [6.07, 6.45) is 17.0. The molecule has 2 fully saturated rings. The largest absolute Gasteiger partial charge is 0.393 e. The molecule has 1 aliphatic carbocycles. The number of aliphatic hydroxyl groups excluding tert-OH is 2. The summed E-state index contributed by atoms with van der Waals surface area (Å²) >= 11 is 0. The fraction of sp³-hybridized carbons (Fsp3) is 0.875. The van der Waals surface area contributed by atoms with Gasteiger partial charge in [-0.05, 0) is 31.4 Å². The predicted molar refractivity (Wildman–Crippen MR) is 113 cm³/mol. The molecule has 0 aromatic carbocycles. The molecule has 166 valence electrons. The molecule has 2 spiro atoms. The molecule has 2 saturated heterocycles. The van der Waals surface area contributed by atoms with Crippen molar-refractivity contribution in [1.29, 1.82) is 0 Å². The van der Waals surface area contributed by atoms with Crippen molar-refractivity contribution in [3.8, 4) is 0 Å². The smallest absolute Gasteiger partial charge is 0.172 e. The minimum atomic E-state index is -0.840. The Bertz CT molecular complexity index is 561. The lowest BCUT2D eigenvalue weighted by Gasteiger charge is -2.43. The zero-order valence-electron chi connectivity index (χ0n) is 18.1. The van der Waals surface area contributed by atoms with Crippen molar-refractivity contribution in [2.45, 2.75) is 133 Å². The summed E-state index contributed by atoms with van der Waals surface area (Å²) in [7, 11) is 0. The first-order chi connectivity index (χ1) is 14.0. The van der Waals surface area contributed by atoms with Crippen molar-refractivity contribution >= 4 is 5.78 Å². The van der Waals surface area contributed by atoms with Crippen molar-refractivity contribution in [1.82, 2.24) is 0 Å². The number of hydrogen-bond acceptors (Lipinski definition) is 5. The van der Waals surface area contributed by atoms with Crippen LogP contribution in [0.15, 0.2) is 12.2 Å². The first-order valence-corrected chi connectivity index (χ1v) is 11.9. The third-order valence-electron chi connectivity index (χ3n) is 6.88. The molecule has 5 nitrogen and oxygen atoms in total. The van der Waals surface area contributed by atoms with E-state index in [1.807, 2.05) is 0 Å². The Morgan fingerprint density at radius 2 is 1.72 bits per heavy atom. The highest BCUT2D eigenvalue weighted by Crippen LogP contribution is 2.49. The number of carbonyl (C=O) groups is 1. The van der Waals surface area contributed by atoms with Gasteiger partial charge in [0.05, 0.1) is 18.3 Å². The lowest BCUT2D eigenvalue weighted by Crippen LogP contribution is -2.51. The lowest BCUT2D eigenvalue weighted by atomic mass is 9.85. The van der Waals surface area contributed by atoms with Gasteiger partial charge in [0, 0.05) is 19.3 Å². The third kappa shape index (κ3) is 6.13. The van der Waals surface area contributed by atoms with Gasteiger partial charge >= 0.3 is 0 Å². The first kappa shape index (κ1) is 22.9. The molecule has 29 heavy (non-hydrogen) atoms. The second-order valence-electron chi connectivity index (χ2n) is 9.44. The van der Waals surface area contributed by atoms with Gasteiger partial charge in [-0.2, -0.15) is 0 Å². The van der Waals surface area contributed by atoms with Gasteiger partial charge in [-0.15, -0.1) is 0 Å². The van der Waals surface area contributed by atoms with E-state index in [0.717, 1.165) is 12.8 Å². The number of ether oxygens (including phenoxy) is 2. The van der Waals surface area contributed by atoms with Gasteiger partial charge in [0.15, 0.2) is 11.6 Å². The Morgan fingerprint density at radius 3 is 2.41 bits per heavy atom. The molecule has 5 heteroatoms. The first-order valence-electron chi connectivity index (χ1n) is 11.9. The van der Waals surface area contributed by atoms with Crippen LogP contribution in [0.1, 0.15) is 103 Å². The maximum atomic E-state index is 11.6. The Morgan fingerprint density at radius 1 is 1.03 bits per heavy atom. The summed E-state index contributed by atoms with van der Waals surface area (Å²) in [4.78, 5) is 11.6. The van der Waals surface area contributed by atoms with Crippen LogP contribution in [-0.2, 0) is 14.3 Å². The van der Waals surface area contributed by atoms with Crippen LogP contribution in [-0.4, -0.2) is 45.7 Å². The van der Waals surface area contributed by atoms with Crippen LogP contribution < -0.4 is 0 Å². The van der Waals surface area contributed by atoms with E-state index in [-0.39, 0.29) is 18.3 Å². The number of allylic oxidation sites excluding steroid dienone is 1. The minimum absolute atomic E-state index is 0.00444. The molecule has 0 aromatic rings. The molecule has 2 aliphatic heterocycles. The number of hydrogen-bond donors (Lipinski definition) is 2. The quantitative estimate of drug-likeness (QED) is 0.517. The molecule has 3 rings (SSSR count). The molecule has 0 aromatic heterocycles.